The predicted octanol–water partition coefficient (Wildman–Crippen LogP) is 2.50. The summed E-state index contributed by atoms with van der Waals surface area (Å²) in [5.74, 6) is 1.18. The zero-order chi connectivity index (χ0) is 14.9. The first-order chi connectivity index (χ1) is 10.3. The summed E-state index contributed by atoms with van der Waals surface area (Å²) in [4.78, 5) is 15.7. The van der Waals surface area contributed by atoms with Gasteiger partial charge in [0.1, 0.15) is 0 Å². The Hall–Kier alpha value is -2.32. The minimum atomic E-state index is 0.0116. The van der Waals surface area contributed by atoms with Gasteiger partial charge in [-0.15, -0.1) is 11.8 Å². The Morgan fingerprint density at radius 1 is 1.24 bits per heavy atom. The van der Waals surface area contributed by atoms with Gasteiger partial charge < -0.3 is 5.32 Å². The Morgan fingerprint density at radius 3 is 2.71 bits per heavy atom. The van der Waals surface area contributed by atoms with Crippen LogP contribution in [-0.4, -0.2) is 16.6 Å². The van der Waals surface area contributed by atoms with E-state index in [1.807, 2.05) is 24.3 Å². The Morgan fingerprint density at radius 2 is 2.05 bits per heavy atom. The van der Waals surface area contributed by atoms with Gasteiger partial charge >= 0.3 is 0 Å². The van der Waals surface area contributed by atoms with Crippen LogP contribution < -0.4 is 5.32 Å². The van der Waals surface area contributed by atoms with Crippen molar-refractivity contribution in [3.8, 4) is 6.07 Å². The smallest absolute Gasteiger partial charge is 0.230 e. The lowest BCUT2D eigenvalue weighted by molar-refractivity contribution is -0.118. The highest BCUT2D eigenvalue weighted by atomic mass is 32.2. The molecule has 1 amide bonds. The van der Waals surface area contributed by atoms with E-state index in [1.165, 1.54) is 0 Å². The molecule has 0 saturated carbocycles. The fraction of sp³-hybridized carbons (Fsp3) is 0.188. The number of carbonyl (C=O) groups excluding carboxylic acids is 1. The van der Waals surface area contributed by atoms with E-state index < -0.39 is 0 Å². The fourth-order valence-corrected chi connectivity index (χ4v) is 2.51. The molecule has 2 rings (SSSR count). The summed E-state index contributed by atoms with van der Waals surface area (Å²) in [5.41, 5.74) is 2.75. The SMILES string of the molecule is N#Cc1ccc(CSCC(=O)NCc2cccnc2)cc1. The van der Waals surface area contributed by atoms with Crippen molar-refractivity contribution in [1.82, 2.24) is 10.3 Å². The van der Waals surface area contributed by atoms with E-state index in [4.69, 9.17) is 5.26 Å². The maximum Gasteiger partial charge on any atom is 0.230 e. The van der Waals surface area contributed by atoms with Crippen molar-refractivity contribution in [2.45, 2.75) is 12.3 Å². The van der Waals surface area contributed by atoms with Crippen molar-refractivity contribution < 1.29 is 4.79 Å². The topological polar surface area (TPSA) is 65.8 Å². The number of thioether (sulfide) groups is 1. The molecule has 0 radical (unpaired) electrons. The van der Waals surface area contributed by atoms with E-state index >= 15 is 0 Å². The Labute approximate surface area is 128 Å². The van der Waals surface area contributed by atoms with Crippen LogP contribution in [0.4, 0.5) is 0 Å². The maximum atomic E-state index is 11.7. The van der Waals surface area contributed by atoms with Gasteiger partial charge in [-0.3, -0.25) is 9.78 Å². The molecule has 0 aliphatic heterocycles. The molecular weight excluding hydrogens is 282 g/mol. The van der Waals surface area contributed by atoms with Gasteiger partial charge in [0.2, 0.25) is 5.91 Å². The molecule has 1 aromatic carbocycles. The summed E-state index contributed by atoms with van der Waals surface area (Å²) in [6, 6.07) is 13.3. The number of nitriles is 1. The van der Waals surface area contributed by atoms with Crippen LogP contribution in [0.5, 0.6) is 0 Å². The van der Waals surface area contributed by atoms with E-state index in [0.717, 1.165) is 16.9 Å². The van der Waals surface area contributed by atoms with E-state index in [9.17, 15) is 4.79 Å². The van der Waals surface area contributed by atoms with Gasteiger partial charge in [0.05, 0.1) is 17.4 Å². The van der Waals surface area contributed by atoms with Crippen LogP contribution in [0.25, 0.3) is 0 Å². The Balaban J connectivity index is 1.68. The number of carbonyl (C=O) groups is 1. The van der Waals surface area contributed by atoms with Crippen molar-refractivity contribution >= 4 is 17.7 Å². The minimum Gasteiger partial charge on any atom is -0.351 e. The molecule has 0 saturated heterocycles. The minimum absolute atomic E-state index is 0.0116. The summed E-state index contributed by atoms with van der Waals surface area (Å²) in [5, 5.41) is 11.6. The van der Waals surface area contributed by atoms with Gasteiger partial charge in [-0.2, -0.15) is 5.26 Å². The molecule has 1 aromatic heterocycles. The average Bonchev–Trinajstić information content (AvgIpc) is 2.54. The van der Waals surface area contributed by atoms with Crippen LogP contribution in [0.3, 0.4) is 0 Å². The van der Waals surface area contributed by atoms with Crippen molar-refractivity contribution in [1.29, 1.82) is 5.26 Å². The Kier molecular flexibility index (Phi) is 5.80. The number of hydrogen-bond donors (Lipinski definition) is 1. The van der Waals surface area contributed by atoms with E-state index in [1.54, 1.807) is 36.3 Å². The highest BCUT2D eigenvalue weighted by Crippen LogP contribution is 2.12. The number of nitrogens with one attached hydrogen (secondary N) is 1. The number of amides is 1. The van der Waals surface area contributed by atoms with Crippen molar-refractivity contribution in [3.63, 3.8) is 0 Å². The lowest BCUT2D eigenvalue weighted by Crippen LogP contribution is -2.24. The van der Waals surface area contributed by atoms with E-state index in [2.05, 4.69) is 16.4 Å². The number of nitrogens with zero attached hydrogens (tertiary/aromatic N) is 2. The van der Waals surface area contributed by atoms with Gasteiger partial charge in [-0.1, -0.05) is 18.2 Å². The molecular formula is C16H15N3OS. The second-order valence-electron chi connectivity index (χ2n) is 4.44. The van der Waals surface area contributed by atoms with E-state index in [0.29, 0.717) is 17.9 Å². The predicted molar refractivity (Wildman–Crippen MR) is 83.4 cm³/mol. The molecule has 106 valence electrons. The highest BCUT2D eigenvalue weighted by Gasteiger charge is 2.02. The Bertz CT molecular complexity index is 620. The van der Waals surface area contributed by atoms with Crippen LogP contribution >= 0.6 is 11.8 Å². The van der Waals surface area contributed by atoms with Crippen molar-refractivity contribution in [3.05, 3.63) is 65.5 Å². The van der Waals surface area contributed by atoms with Crippen molar-refractivity contribution in [2.24, 2.45) is 0 Å². The summed E-state index contributed by atoms with van der Waals surface area (Å²) < 4.78 is 0. The molecule has 0 unspecified atom stereocenters. The third-order valence-corrected chi connectivity index (χ3v) is 3.80. The number of aromatic nitrogens is 1. The zero-order valence-electron chi connectivity index (χ0n) is 11.5. The quantitative estimate of drug-likeness (QED) is 0.889. The van der Waals surface area contributed by atoms with Crippen LogP contribution in [-0.2, 0) is 17.1 Å². The van der Waals surface area contributed by atoms with E-state index in [-0.39, 0.29) is 5.91 Å². The summed E-state index contributed by atoms with van der Waals surface area (Å²) in [7, 11) is 0. The molecule has 4 nitrogen and oxygen atoms in total. The number of hydrogen-bond acceptors (Lipinski definition) is 4. The van der Waals surface area contributed by atoms with Gasteiger partial charge in [0.25, 0.3) is 0 Å². The third kappa shape index (κ3) is 5.28. The van der Waals surface area contributed by atoms with Gasteiger partial charge in [0, 0.05) is 24.7 Å². The maximum absolute atomic E-state index is 11.7. The first-order valence-electron chi connectivity index (χ1n) is 6.50. The average molecular weight is 297 g/mol. The molecule has 0 aliphatic rings. The molecule has 1 N–H and O–H groups in total. The summed E-state index contributed by atoms with van der Waals surface area (Å²) >= 11 is 1.55. The fourth-order valence-electron chi connectivity index (χ4n) is 1.69. The molecule has 0 fully saturated rings. The molecule has 0 bridgehead atoms. The van der Waals surface area contributed by atoms with Crippen LogP contribution in [0, 0.1) is 11.3 Å². The second-order valence-corrected chi connectivity index (χ2v) is 5.43. The van der Waals surface area contributed by atoms with Gasteiger partial charge in [-0.05, 0) is 29.3 Å². The number of benzene rings is 1. The first-order valence-corrected chi connectivity index (χ1v) is 7.66. The van der Waals surface area contributed by atoms with Crippen LogP contribution in [0.1, 0.15) is 16.7 Å². The second kappa shape index (κ2) is 8.08. The molecule has 2 aromatic rings. The highest BCUT2D eigenvalue weighted by molar-refractivity contribution is 7.99. The molecule has 0 atom stereocenters. The molecule has 21 heavy (non-hydrogen) atoms. The summed E-state index contributed by atoms with van der Waals surface area (Å²) in [6.45, 7) is 0.504. The van der Waals surface area contributed by atoms with Crippen LogP contribution in [0.15, 0.2) is 48.8 Å². The number of pyridine rings is 1. The number of rotatable bonds is 6. The molecule has 0 spiro atoms. The normalized spacial score (nSPS) is 9.86. The third-order valence-electron chi connectivity index (χ3n) is 2.80. The summed E-state index contributed by atoms with van der Waals surface area (Å²) in [6.07, 6.45) is 3.45. The monoisotopic (exact) mass is 297 g/mol. The zero-order valence-corrected chi connectivity index (χ0v) is 12.3. The van der Waals surface area contributed by atoms with Gasteiger partial charge in [-0.25, -0.2) is 0 Å². The van der Waals surface area contributed by atoms with Crippen molar-refractivity contribution in [2.75, 3.05) is 5.75 Å². The standard InChI is InChI=1S/C16H15N3OS/c17-8-13-3-5-14(6-4-13)11-21-12-16(20)19-10-15-2-1-7-18-9-15/h1-7,9H,10-12H2,(H,19,20). The lowest BCUT2D eigenvalue weighted by Gasteiger charge is -2.05. The van der Waals surface area contributed by atoms with Gasteiger partial charge in [0.15, 0.2) is 0 Å². The largest absolute Gasteiger partial charge is 0.351 e. The molecule has 0 aliphatic carbocycles. The first kappa shape index (κ1) is 15.1. The molecule has 1 heterocycles. The van der Waals surface area contributed by atoms with Crippen LogP contribution in [0.2, 0.25) is 0 Å². The molecule has 5 heteroatoms. The lowest BCUT2D eigenvalue weighted by atomic mass is 10.2.